The maximum absolute atomic E-state index is 12.5. The molecule has 0 fully saturated rings. The van der Waals surface area contributed by atoms with Gasteiger partial charge in [0.15, 0.2) is 0 Å². The molecule has 4 heteroatoms. The number of anilines is 2. The molecule has 0 aliphatic rings. The van der Waals surface area contributed by atoms with Crippen molar-refractivity contribution in [3.63, 3.8) is 0 Å². The van der Waals surface area contributed by atoms with Crippen molar-refractivity contribution in [2.45, 2.75) is 12.3 Å². The van der Waals surface area contributed by atoms with E-state index in [0.717, 1.165) is 11.1 Å². The first-order valence-electron chi connectivity index (χ1n) is 7.83. The van der Waals surface area contributed by atoms with Crippen LogP contribution in [0, 0.1) is 0 Å². The standard InChI is InChI=1S/C20H19N3O/c21-17-11-12-19(22-14-17)23-20(24)13-18(15-7-3-1-4-8-15)16-9-5-2-6-10-16/h1-12,14,18H,13,21H2,(H,22,23,24). The zero-order valence-corrected chi connectivity index (χ0v) is 13.2. The van der Waals surface area contributed by atoms with Crippen molar-refractivity contribution >= 4 is 17.4 Å². The van der Waals surface area contributed by atoms with Crippen molar-refractivity contribution in [3.05, 3.63) is 90.1 Å². The number of nitrogens with one attached hydrogen (secondary N) is 1. The number of nitrogen functional groups attached to an aromatic ring is 1. The second-order valence-corrected chi connectivity index (χ2v) is 5.60. The quantitative estimate of drug-likeness (QED) is 0.751. The van der Waals surface area contributed by atoms with E-state index in [1.807, 2.05) is 60.7 Å². The van der Waals surface area contributed by atoms with E-state index in [0.29, 0.717) is 17.9 Å². The zero-order valence-electron chi connectivity index (χ0n) is 13.2. The van der Waals surface area contributed by atoms with Crippen LogP contribution in [0.1, 0.15) is 23.5 Å². The molecule has 0 saturated carbocycles. The average molecular weight is 317 g/mol. The summed E-state index contributed by atoms with van der Waals surface area (Å²) in [4.78, 5) is 16.6. The molecule has 0 radical (unpaired) electrons. The number of hydrogen-bond donors (Lipinski definition) is 2. The highest BCUT2D eigenvalue weighted by atomic mass is 16.1. The SMILES string of the molecule is Nc1ccc(NC(=O)CC(c2ccccc2)c2ccccc2)nc1. The Labute approximate surface area is 141 Å². The van der Waals surface area contributed by atoms with Crippen LogP contribution < -0.4 is 11.1 Å². The van der Waals surface area contributed by atoms with Crippen LogP contribution in [0.5, 0.6) is 0 Å². The molecule has 24 heavy (non-hydrogen) atoms. The molecule has 120 valence electrons. The van der Waals surface area contributed by atoms with Crippen LogP contribution in [-0.2, 0) is 4.79 Å². The van der Waals surface area contributed by atoms with Crippen molar-refractivity contribution in [2.24, 2.45) is 0 Å². The second kappa shape index (κ2) is 7.42. The lowest BCUT2D eigenvalue weighted by Crippen LogP contribution is -2.17. The lowest BCUT2D eigenvalue weighted by molar-refractivity contribution is -0.116. The van der Waals surface area contributed by atoms with E-state index in [1.54, 1.807) is 12.1 Å². The summed E-state index contributed by atoms with van der Waals surface area (Å²) in [5.41, 5.74) is 8.41. The minimum atomic E-state index is -0.0787. The van der Waals surface area contributed by atoms with Gasteiger partial charge >= 0.3 is 0 Å². The summed E-state index contributed by atoms with van der Waals surface area (Å²) >= 11 is 0. The van der Waals surface area contributed by atoms with Gasteiger partial charge in [-0.2, -0.15) is 0 Å². The minimum absolute atomic E-state index is 0.00109. The van der Waals surface area contributed by atoms with Crippen LogP contribution in [0.15, 0.2) is 79.0 Å². The van der Waals surface area contributed by atoms with Gasteiger partial charge in [0.1, 0.15) is 5.82 Å². The maximum Gasteiger partial charge on any atom is 0.226 e. The Morgan fingerprint density at radius 2 is 1.50 bits per heavy atom. The van der Waals surface area contributed by atoms with Crippen LogP contribution in [0.4, 0.5) is 11.5 Å². The topological polar surface area (TPSA) is 68.0 Å². The Bertz CT molecular complexity index is 747. The first-order valence-corrected chi connectivity index (χ1v) is 7.83. The fourth-order valence-corrected chi connectivity index (χ4v) is 2.66. The maximum atomic E-state index is 12.5. The van der Waals surface area contributed by atoms with Crippen LogP contribution in [0.3, 0.4) is 0 Å². The lowest BCUT2D eigenvalue weighted by Gasteiger charge is -2.17. The molecular formula is C20H19N3O. The number of nitrogens with zero attached hydrogens (tertiary/aromatic N) is 1. The third-order valence-corrected chi connectivity index (χ3v) is 3.85. The molecule has 3 aromatic rings. The predicted molar refractivity (Wildman–Crippen MR) is 96.6 cm³/mol. The Hall–Kier alpha value is -3.14. The number of carbonyl (C=O) groups is 1. The highest BCUT2D eigenvalue weighted by molar-refractivity contribution is 5.90. The summed E-state index contributed by atoms with van der Waals surface area (Å²) in [6, 6.07) is 23.5. The van der Waals surface area contributed by atoms with Gasteiger partial charge in [-0.3, -0.25) is 4.79 Å². The van der Waals surface area contributed by atoms with Gasteiger partial charge in [-0.1, -0.05) is 60.7 Å². The number of amides is 1. The molecule has 3 N–H and O–H groups in total. The largest absolute Gasteiger partial charge is 0.397 e. The Balaban J connectivity index is 1.79. The van der Waals surface area contributed by atoms with E-state index in [4.69, 9.17) is 5.73 Å². The van der Waals surface area contributed by atoms with E-state index < -0.39 is 0 Å². The molecule has 0 saturated heterocycles. The number of aromatic nitrogens is 1. The third-order valence-electron chi connectivity index (χ3n) is 3.85. The molecular weight excluding hydrogens is 298 g/mol. The first-order chi connectivity index (χ1) is 11.7. The predicted octanol–water partition coefficient (Wildman–Crippen LogP) is 3.82. The van der Waals surface area contributed by atoms with Crippen molar-refractivity contribution in [2.75, 3.05) is 11.1 Å². The van der Waals surface area contributed by atoms with Crippen molar-refractivity contribution < 1.29 is 4.79 Å². The number of carbonyl (C=O) groups excluding carboxylic acids is 1. The fourth-order valence-electron chi connectivity index (χ4n) is 2.66. The van der Waals surface area contributed by atoms with Crippen molar-refractivity contribution in [1.82, 2.24) is 4.98 Å². The van der Waals surface area contributed by atoms with E-state index in [1.165, 1.54) is 6.20 Å². The number of nitrogens with two attached hydrogens (primary N) is 1. The van der Waals surface area contributed by atoms with Gasteiger partial charge in [-0.15, -0.1) is 0 Å². The van der Waals surface area contributed by atoms with E-state index in [9.17, 15) is 4.79 Å². The van der Waals surface area contributed by atoms with Crippen LogP contribution in [0.25, 0.3) is 0 Å². The van der Waals surface area contributed by atoms with Gasteiger partial charge in [0.05, 0.1) is 11.9 Å². The normalized spacial score (nSPS) is 10.5. The Morgan fingerprint density at radius 3 is 2.00 bits per heavy atom. The molecule has 0 aliphatic heterocycles. The number of rotatable bonds is 5. The fraction of sp³-hybridized carbons (Fsp3) is 0.100. The average Bonchev–Trinajstić information content (AvgIpc) is 2.63. The monoisotopic (exact) mass is 317 g/mol. The molecule has 1 amide bonds. The van der Waals surface area contributed by atoms with Crippen LogP contribution in [-0.4, -0.2) is 10.9 Å². The number of pyridine rings is 1. The van der Waals surface area contributed by atoms with Crippen molar-refractivity contribution in [3.8, 4) is 0 Å². The molecule has 1 aromatic heterocycles. The van der Waals surface area contributed by atoms with E-state index >= 15 is 0 Å². The smallest absolute Gasteiger partial charge is 0.226 e. The van der Waals surface area contributed by atoms with Gasteiger partial charge in [-0.05, 0) is 23.3 Å². The van der Waals surface area contributed by atoms with Gasteiger partial charge in [0.25, 0.3) is 0 Å². The van der Waals surface area contributed by atoms with Crippen molar-refractivity contribution in [1.29, 1.82) is 0 Å². The lowest BCUT2D eigenvalue weighted by atomic mass is 9.88. The molecule has 0 unspecified atom stereocenters. The van der Waals surface area contributed by atoms with Gasteiger partial charge in [0.2, 0.25) is 5.91 Å². The summed E-state index contributed by atoms with van der Waals surface area (Å²) in [5.74, 6) is 0.431. The summed E-state index contributed by atoms with van der Waals surface area (Å²) in [6.07, 6.45) is 1.88. The summed E-state index contributed by atoms with van der Waals surface area (Å²) in [7, 11) is 0. The minimum Gasteiger partial charge on any atom is -0.397 e. The second-order valence-electron chi connectivity index (χ2n) is 5.60. The molecule has 1 heterocycles. The van der Waals surface area contributed by atoms with Gasteiger partial charge in [-0.25, -0.2) is 4.98 Å². The van der Waals surface area contributed by atoms with Gasteiger partial charge in [0, 0.05) is 12.3 Å². The first kappa shape index (κ1) is 15.7. The summed E-state index contributed by atoms with van der Waals surface area (Å²) in [6.45, 7) is 0. The highest BCUT2D eigenvalue weighted by Crippen LogP contribution is 2.28. The van der Waals surface area contributed by atoms with Crippen LogP contribution in [0.2, 0.25) is 0 Å². The third kappa shape index (κ3) is 3.98. The summed E-state index contributed by atoms with van der Waals surface area (Å²) < 4.78 is 0. The number of benzene rings is 2. The number of hydrogen-bond acceptors (Lipinski definition) is 3. The zero-order chi connectivity index (χ0) is 16.8. The Kier molecular flexibility index (Phi) is 4.87. The molecule has 4 nitrogen and oxygen atoms in total. The van der Waals surface area contributed by atoms with E-state index in [2.05, 4.69) is 10.3 Å². The summed E-state index contributed by atoms with van der Waals surface area (Å²) in [5, 5.41) is 2.83. The molecule has 0 spiro atoms. The van der Waals surface area contributed by atoms with E-state index in [-0.39, 0.29) is 11.8 Å². The highest BCUT2D eigenvalue weighted by Gasteiger charge is 2.18. The molecule has 0 bridgehead atoms. The Morgan fingerprint density at radius 1 is 0.917 bits per heavy atom. The van der Waals surface area contributed by atoms with Crippen LogP contribution >= 0.6 is 0 Å². The molecule has 3 rings (SSSR count). The molecule has 0 aliphatic carbocycles. The molecule has 0 atom stereocenters. The van der Waals surface area contributed by atoms with Gasteiger partial charge < -0.3 is 11.1 Å². The molecule has 2 aromatic carbocycles.